The summed E-state index contributed by atoms with van der Waals surface area (Å²) in [4.78, 5) is 38.8. The summed E-state index contributed by atoms with van der Waals surface area (Å²) >= 11 is 0. The van der Waals surface area contributed by atoms with Crippen molar-refractivity contribution < 1.29 is 19.8 Å². The van der Waals surface area contributed by atoms with Crippen LogP contribution in [-0.2, 0) is 17.6 Å². The van der Waals surface area contributed by atoms with Crippen molar-refractivity contribution in [2.24, 2.45) is 4.99 Å². The molecule has 2 N–H and O–H groups in total. The number of fused-ring (bicyclic) bond motifs is 1. The smallest absolute Gasteiger partial charge is 0.307 e. The number of carboxylic acids is 1. The maximum absolute atomic E-state index is 13.1. The molecule has 3 aromatic rings. The first-order valence-corrected chi connectivity index (χ1v) is 10.5. The topological polar surface area (TPSA) is 116 Å². The zero-order valence-corrected chi connectivity index (χ0v) is 18.4. The molecule has 0 saturated heterocycles. The molecule has 168 valence electrons. The first kappa shape index (κ1) is 22.3. The van der Waals surface area contributed by atoms with Crippen LogP contribution >= 0.6 is 0 Å². The van der Waals surface area contributed by atoms with Gasteiger partial charge in [0.1, 0.15) is 5.84 Å². The van der Waals surface area contributed by atoms with Gasteiger partial charge in [0.25, 0.3) is 5.91 Å². The number of aliphatic imine (C=N–C) groups is 1. The number of carboxylic acid groups (broad SMARTS) is 1. The minimum Gasteiger partial charge on any atom is -0.481 e. The quantitative estimate of drug-likeness (QED) is 0.600. The van der Waals surface area contributed by atoms with E-state index >= 15 is 0 Å². The van der Waals surface area contributed by atoms with Crippen LogP contribution in [0.25, 0.3) is 11.3 Å². The van der Waals surface area contributed by atoms with Gasteiger partial charge >= 0.3 is 5.97 Å². The van der Waals surface area contributed by atoms with E-state index < -0.39 is 17.5 Å². The minimum absolute atomic E-state index is 0.0850. The van der Waals surface area contributed by atoms with Gasteiger partial charge in [0, 0.05) is 41.8 Å². The normalized spacial score (nSPS) is 14.4. The molecule has 8 heteroatoms. The van der Waals surface area contributed by atoms with E-state index in [-0.39, 0.29) is 13.0 Å². The Labute approximate surface area is 191 Å². The standard InChI is InChI=1S/C25H24N4O4/c1-25(2,33)15-29-21-6-5-16(11-23(30)31)10-19(21)13-22(29)28-24(32)17-7-9-27-20(12-17)18-4-3-8-26-14-18/h3-10,12,14,33H,11,13,15H2,1-2H3,(H,30,31). The second-order valence-electron chi connectivity index (χ2n) is 8.61. The molecule has 0 spiro atoms. The molecule has 0 unspecified atom stereocenters. The van der Waals surface area contributed by atoms with Crippen molar-refractivity contribution in [2.45, 2.75) is 32.3 Å². The van der Waals surface area contributed by atoms with Crippen LogP contribution in [0, 0.1) is 0 Å². The molecule has 0 atom stereocenters. The Morgan fingerprint density at radius 3 is 2.67 bits per heavy atom. The summed E-state index contributed by atoms with van der Waals surface area (Å²) in [7, 11) is 0. The molecule has 0 bridgehead atoms. The lowest BCUT2D eigenvalue weighted by Crippen LogP contribution is -2.40. The summed E-state index contributed by atoms with van der Waals surface area (Å²) in [6, 6.07) is 12.3. The van der Waals surface area contributed by atoms with Crippen LogP contribution in [0.5, 0.6) is 0 Å². The number of carbonyl (C=O) groups excluding carboxylic acids is 1. The predicted octanol–water partition coefficient (Wildman–Crippen LogP) is 3.14. The summed E-state index contributed by atoms with van der Waals surface area (Å²) in [6.45, 7) is 3.61. The number of hydrogen-bond donors (Lipinski definition) is 2. The number of rotatable bonds is 6. The third-order valence-corrected chi connectivity index (χ3v) is 5.19. The Kier molecular flexibility index (Phi) is 6.02. The fourth-order valence-electron chi connectivity index (χ4n) is 3.81. The number of pyridine rings is 2. The summed E-state index contributed by atoms with van der Waals surface area (Å²) in [6.07, 6.45) is 5.19. The maximum atomic E-state index is 13.1. The van der Waals surface area contributed by atoms with Crippen LogP contribution in [0.2, 0.25) is 0 Å². The van der Waals surface area contributed by atoms with Crippen molar-refractivity contribution >= 4 is 23.4 Å². The molecule has 0 radical (unpaired) electrons. The van der Waals surface area contributed by atoms with Gasteiger partial charge in [-0.3, -0.25) is 19.6 Å². The SMILES string of the molecule is CC(C)(O)CN1C(=NC(=O)c2ccnc(-c3cccnc3)c2)Cc2cc(CC(=O)O)ccc21. The third-order valence-electron chi connectivity index (χ3n) is 5.19. The van der Waals surface area contributed by atoms with Gasteiger partial charge in [-0.25, -0.2) is 0 Å². The van der Waals surface area contributed by atoms with E-state index in [1.807, 2.05) is 23.1 Å². The molecule has 0 saturated carbocycles. The fourth-order valence-corrected chi connectivity index (χ4v) is 3.81. The number of nitrogens with zero attached hydrogens (tertiary/aromatic N) is 4. The molecule has 8 nitrogen and oxygen atoms in total. The summed E-state index contributed by atoms with van der Waals surface area (Å²) in [5, 5.41) is 19.5. The highest BCUT2D eigenvalue weighted by Gasteiger charge is 2.31. The van der Waals surface area contributed by atoms with Crippen molar-refractivity contribution in [3.63, 3.8) is 0 Å². The zero-order chi connectivity index (χ0) is 23.6. The van der Waals surface area contributed by atoms with Crippen LogP contribution in [0.15, 0.2) is 66.0 Å². The molecule has 4 rings (SSSR count). The zero-order valence-electron chi connectivity index (χ0n) is 18.4. The number of β-amino-alcohol motifs (C(OH)–C–C–N with tert-alkyl or cyclic N) is 1. The highest BCUT2D eigenvalue weighted by atomic mass is 16.4. The fraction of sp³-hybridized carbons (Fsp3) is 0.240. The van der Waals surface area contributed by atoms with Crippen molar-refractivity contribution in [3.05, 3.63) is 77.7 Å². The lowest BCUT2D eigenvalue weighted by Gasteiger charge is -2.28. The molecule has 0 fully saturated rings. The lowest BCUT2D eigenvalue weighted by molar-refractivity contribution is -0.136. The van der Waals surface area contributed by atoms with E-state index in [4.69, 9.17) is 5.11 Å². The number of benzene rings is 1. The Morgan fingerprint density at radius 2 is 1.97 bits per heavy atom. The Hall–Kier alpha value is -3.91. The largest absolute Gasteiger partial charge is 0.481 e. The average molecular weight is 444 g/mol. The highest BCUT2D eigenvalue weighted by molar-refractivity contribution is 6.12. The highest BCUT2D eigenvalue weighted by Crippen LogP contribution is 2.32. The predicted molar refractivity (Wildman–Crippen MR) is 124 cm³/mol. The molecule has 1 amide bonds. The van der Waals surface area contributed by atoms with Gasteiger partial charge in [-0.15, -0.1) is 0 Å². The van der Waals surface area contributed by atoms with Crippen LogP contribution in [0.4, 0.5) is 5.69 Å². The van der Waals surface area contributed by atoms with Gasteiger partial charge in [-0.2, -0.15) is 4.99 Å². The molecule has 1 aliphatic heterocycles. The molecular formula is C25H24N4O4. The second-order valence-corrected chi connectivity index (χ2v) is 8.61. The van der Waals surface area contributed by atoms with E-state index in [1.165, 1.54) is 0 Å². The second kappa shape index (κ2) is 8.91. The number of hydrogen-bond acceptors (Lipinski definition) is 5. The Bertz CT molecular complexity index is 1230. The summed E-state index contributed by atoms with van der Waals surface area (Å²) < 4.78 is 0. The number of amidine groups is 1. The van der Waals surface area contributed by atoms with Crippen LogP contribution in [-0.4, -0.2) is 50.0 Å². The molecule has 3 heterocycles. The third kappa shape index (κ3) is 5.30. The number of aromatic nitrogens is 2. The molecule has 2 aromatic heterocycles. The van der Waals surface area contributed by atoms with E-state index in [0.717, 1.165) is 16.8 Å². The number of aliphatic carboxylic acids is 1. The summed E-state index contributed by atoms with van der Waals surface area (Å²) in [5.74, 6) is -0.825. The molecule has 33 heavy (non-hydrogen) atoms. The lowest BCUT2D eigenvalue weighted by atomic mass is 10.1. The minimum atomic E-state index is -1.03. The van der Waals surface area contributed by atoms with E-state index in [9.17, 15) is 14.7 Å². The van der Waals surface area contributed by atoms with Crippen molar-refractivity contribution in [2.75, 3.05) is 11.4 Å². The number of anilines is 1. The van der Waals surface area contributed by atoms with E-state index in [1.54, 1.807) is 56.7 Å². The van der Waals surface area contributed by atoms with Crippen molar-refractivity contribution in [1.82, 2.24) is 9.97 Å². The number of aliphatic hydroxyl groups is 1. The first-order chi connectivity index (χ1) is 15.7. The monoisotopic (exact) mass is 444 g/mol. The van der Waals surface area contributed by atoms with Gasteiger partial charge in [0.15, 0.2) is 0 Å². The van der Waals surface area contributed by atoms with E-state index in [2.05, 4.69) is 15.0 Å². The maximum Gasteiger partial charge on any atom is 0.307 e. The molecule has 1 aliphatic rings. The van der Waals surface area contributed by atoms with Crippen molar-refractivity contribution in [3.8, 4) is 11.3 Å². The van der Waals surface area contributed by atoms with Crippen LogP contribution in [0.3, 0.4) is 0 Å². The van der Waals surface area contributed by atoms with Gasteiger partial charge in [-0.1, -0.05) is 12.1 Å². The van der Waals surface area contributed by atoms with Crippen LogP contribution < -0.4 is 4.90 Å². The molecule has 0 aliphatic carbocycles. The van der Waals surface area contributed by atoms with Gasteiger partial charge in [0.05, 0.1) is 24.3 Å². The van der Waals surface area contributed by atoms with E-state index in [0.29, 0.717) is 29.1 Å². The number of carbonyl (C=O) groups is 2. The number of amides is 1. The average Bonchev–Trinajstić information content (AvgIpc) is 3.08. The van der Waals surface area contributed by atoms with Crippen LogP contribution in [0.1, 0.15) is 35.3 Å². The summed E-state index contributed by atoms with van der Waals surface area (Å²) in [5.41, 5.74) is 3.13. The van der Waals surface area contributed by atoms with Gasteiger partial charge in [0.2, 0.25) is 0 Å². The van der Waals surface area contributed by atoms with Crippen molar-refractivity contribution in [1.29, 1.82) is 0 Å². The Balaban J connectivity index is 1.66. The van der Waals surface area contributed by atoms with Gasteiger partial charge < -0.3 is 15.1 Å². The molecular weight excluding hydrogens is 420 g/mol. The van der Waals surface area contributed by atoms with Gasteiger partial charge in [-0.05, 0) is 55.3 Å². The molecule has 1 aromatic carbocycles. The first-order valence-electron chi connectivity index (χ1n) is 10.5. The Morgan fingerprint density at radius 1 is 1.15 bits per heavy atom.